The Morgan fingerprint density at radius 2 is 1.90 bits per heavy atom. The highest BCUT2D eigenvalue weighted by Crippen LogP contribution is 2.22. The quantitative estimate of drug-likeness (QED) is 0.745. The summed E-state index contributed by atoms with van der Waals surface area (Å²) in [4.78, 5) is 12.2. The minimum atomic E-state index is -0.538. The molecule has 0 aliphatic heterocycles. The summed E-state index contributed by atoms with van der Waals surface area (Å²) in [7, 11) is 0. The Kier molecular flexibility index (Phi) is 4.90. The topological polar surface area (TPSA) is 26.3 Å². The third kappa shape index (κ3) is 3.25. The van der Waals surface area contributed by atoms with E-state index >= 15 is 0 Å². The Labute approximate surface area is 125 Å². The van der Waals surface area contributed by atoms with Gasteiger partial charge in [-0.15, -0.1) is 0 Å². The maximum absolute atomic E-state index is 13.9. The van der Waals surface area contributed by atoms with Gasteiger partial charge in [0.05, 0.1) is 16.6 Å². The van der Waals surface area contributed by atoms with Gasteiger partial charge in [-0.1, -0.05) is 13.0 Å². The zero-order valence-electron chi connectivity index (χ0n) is 11.0. The smallest absolute Gasteiger partial charge is 0.196 e. The highest BCUT2D eigenvalue weighted by Gasteiger charge is 2.15. The van der Waals surface area contributed by atoms with Crippen LogP contribution >= 0.6 is 15.9 Å². The van der Waals surface area contributed by atoms with Crippen LogP contribution in [0.25, 0.3) is 0 Å². The zero-order chi connectivity index (χ0) is 14.5. The molecule has 4 heteroatoms. The van der Waals surface area contributed by atoms with Gasteiger partial charge in [-0.2, -0.15) is 0 Å². The summed E-state index contributed by atoms with van der Waals surface area (Å²) < 4.78 is 19.6. The first-order chi connectivity index (χ1) is 9.63. The fourth-order valence-electron chi connectivity index (χ4n) is 1.76. The van der Waals surface area contributed by atoms with Crippen LogP contribution < -0.4 is 4.74 Å². The minimum absolute atomic E-state index is 0.0570. The largest absolute Gasteiger partial charge is 0.494 e. The lowest BCUT2D eigenvalue weighted by atomic mass is 10.0. The molecule has 0 radical (unpaired) electrons. The van der Waals surface area contributed by atoms with Crippen LogP contribution in [0.1, 0.15) is 29.3 Å². The van der Waals surface area contributed by atoms with E-state index < -0.39 is 5.82 Å². The van der Waals surface area contributed by atoms with E-state index in [0.717, 1.165) is 6.42 Å². The molecule has 0 aliphatic rings. The van der Waals surface area contributed by atoms with Gasteiger partial charge in [-0.25, -0.2) is 4.39 Å². The molecule has 0 N–H and O–H groups in total. The van der Waals surface area contributed by atoms with E-state index in [1.807, 2.05) is 6.92 Å². The Morgan fingerprint density at radius 1 is 1.20 bits per heavy atom. The van der Waals surface area contributed by atoms with Crippen molar-refractivity contribution in [2.24, 2.45) is 0 Å². The van der Waals surface area contributed by atoms with Crippen molar-refractivity contribution in [1.82, 2.24) is 0 Å². The lowest BCUT2D eigenvalue weighted by Crippen LogP contribution is -2.05. The molecule has 0 unspecified atom stereocenters. The van der Waals surface area contributed by atoms with Crippen molar-refractivity contribution in [3.8, 4) is 5.75 Å². The van der Waals surface area contributed by atoms with Crippen molar-refractivity contribution in [2.75, 3.05) is 6.61 Å². The molecule has 0 atom stereocenters. The molecule has 0 saturated heterocycles. The fraction of sp³-hybridized carbons (Fsp3) is 0.188. The van der Waals surface area contributed by atoms with Crippen molar-refractivity contribution >= 4 is 21.7 Å². The molecule has 2 nitrogen and oxygen atoms in total. The highest BCUT2D eigenvalue weighted by atomic mass is 79.9. The summed E-state index contributed by atoms with van der Waals surface area (Å²) in [6.07, 6.45) is 0.921. The fourth-order valence-corrected chi connectivity index (χ4v) is 2.12. The summed E-state index contributed by atoms with van der Waals surface area (Å²) in [5.41, 5.74) is 0.493. The van der Waals surface area contributed by atoms with Crippen LogP contribution in [0.5, 0.6) is 5.75 Å². The second-order valence-corrected chi connectivity index (χ2v) is 5.16. The van der Waals surface area contributed by atoms with E-state index in [-0.39, 0.29) is 15.8 Å². The van der Waals surface area contributed by atoms with E-state index in [9.17, 15) is 9.18 Å². The first-order valence-electron chi connectivity index (χ1n) is 6.35. The molecule has 0 amide bonds. The molecule has 0 fully saturated rings. The van der Waals surface area contributed by atoms with E-state index in [1.54, 1.807) is 36.4 Å². The maximum atomic E-state index is 13.9. The highest BCUT2D eigenvalue weighted by molar-refractivity contribution is 9.10. The first-order valence-corrected chi connectivity index (χ1v) is 7.14. The summed E-state index contributed by atoms with van der Waals surface area (Å²) in [5, 5.41) is 0. The number of benzene rings is 2. The lowest BCUT2D eigenvalue weighted by molar-refractivity contribution is 0.103. The molecule has 2 aromatic rings. The number of halogens is 2. The van der Waals surface area contributed by atoms with Crippen molar-refractivity contribution in [1.29, 1.82) is 0 Å². The summed E-state index contributed by atoms with van der Waals surface area (Å²) >= 11 is 3.08. The van der Waals surface area contributed by atoms with Crippen LogP contribution in [0.2, 0.25) is 0 Å². The third-order valence-corrected chi connectivity index (χ3v) is 3.40. The number of ketones is 1. The maximum Gasteiger partial charge on any atom is 0.196 e. The number of hydrogen-bond acceptors (Lipinski definition) is 2. The van der Waals surface area contributed by atoms with Gasteiger partial charge < -0.3 is 4.74 Å². The van der Waals surface area contributed by atoms with Gasteiger partial charge in [-0.05, 0) is 58.7 Å². The van der Waals surface area contributed by atoms with Crippen molar-refractivity contribution in [2.45, 2.75) is 13.3 Å². The van der Waals surface area contributed by atoms with Crippen LogP contribution in [0.15, 0.2) is 46.9 Å². The summed E-state index contributed by atoms with van der Waals surface area (Å²) in [6, 6.07) is 11.4. The van der Waals surface area contributed by atoms with Gasteiger partial charge in [0.1, 0.15) is 11.6 Å². The van der Waals surface area contributed by atoms with Crippen LogP contribution in [0.3, 0.4) is 0 Å². The molecule has 0 spiro atoms. The van der Waals surface area contributed by atoms with Crippen molar-refractivity contribution in [3.05, 3.63) is 63.9 Å². The van der Waals surface area contributed by atoms with E-state index in [0.29, 0.717) is 17.9 Å². The number of ether oxygens (including phenoxy) is 1. The van der Waals surface area contributed by atoms with Crippen LogP contribution in [0, 0.1) is 5.82 Å². The molecular weight excluding hydrogens is 323 g/mol. The molecule has 104 valence electrons. The van der Waals surface area contributed by atoms with E-state index in [1.165, 1.54) is 6.07 Å². The number of rotatable bonds is 5. The normalized spacial score (nSPS) is 10.3. The molecule has 2 aromatic carbocycles. The second kappa shape index (κ2) is 6.66. The third-order valence-electron chi connectivity index (χ3n) is 2.79. The van der Waals surface area contributed by atoms with Crippen molar-refractivity contribution in [3.63, 3.8) is 0 Å². The van der Waals surface area contributed by atoms with E-state index in [4.69, 9.17) is 4.74 Å². The van der Waals surface area contributed by atoms with Gasteiger partial charge in [-0.3, -0.25) is 4.79 Å². The molecule has 0 bridgehead atoms. The molecule has 0 saturated carbocycles. The average Bonchev–Trinajstić information content (AvgIpc) is 2.48. The predicted octanol–water partition coefficient (Wildman–Crippen LogP) is 4.61. The van der Waals surface area contributed by atoms with E-state index in [2.05, 4.69) is 15.9 Å². The van der Waals surface area contributed by atoms with Crippen LogP contribution in [-0.2, 0) is 0 Å². The SMILES string of the molecule is CCCOc1ccc(C(=O)c2cccc(Br)c2F)cc1. The van der Waals surface area contributed by atoms with Gasteiger partial charge in [0.25, 0.3) is 0 Å². The van der Waals surface area contributed by atoms with Gasteiger partial charge >= 0.3 is 0 Å². The molecular formula is C16H14BrFO2. The molecule has 0 aliphatic carbocycles. The lowest BCUT2D eigenvalue weighted by Gasteiger charge is -2.07. The van der Waals surface area contributed by atoms with Gasteiger partial charge in [0.2, 0.25) is 0 Å². The number of hydrogen-bond donors (Lipinski definition) is 0. The second-order valence-electron chi connectivity index (χ2n) is 4.30. The van der Waals surface area contributed by atoms with Crippen LogP contribution in [0.4, 0.5) is 4.39 Å². The predicted molar refractivity (Wildman–Crippen MR) is 79.8 cm³/mol. The summed E-state index contributed by atoms with van der Waals surface area (Å²) in [6.45, 7) is 2.65. The molecule has 0 aromatic heterocycles. The zero-order valence-corrected chi connectivity index (χ0v) is 12.6. The molecule has 0 heterocycles. The number of carbonyl (C=O) groups excluding carboxylic acids is 1. The molecule has 20 heavy (non-hydrogen) atoms. The first kappa shape index (κ1) is 14.7. The van der Waals surface area contributed by atoms with Gasteiger partial charge in [0, 0.05) is 5.56 Å². The Hall–Kier alpha value is -1.68. The summed E-state index contributed by atoms with van der Waals surface area (Å²) in [5.74, 6) is -0.173. The van der Waals surface area contributed by atoms with Crippen molar-refractivity contribution < 1.29 is 13.9 Å². The molecule has 2 rings (SSSR count). The standard InChI is InChI=1S/C16H14BrFO2/c1-2-10-20-12-8-6-11(7-9-12)16(19)13-4-3-5-14(17)15(13)18/h3-9H,2,10H2,1H3. The monoisotopic (exact) mass is 336 g/mol. The Balaban J connectivity index is 2.23. The Bertz CT molecular complexity index is 608. The van der Waals surface area contributed by atoms with Gasteiger partial charge in [0.15, 0.2) is 5.78 Å². The Morgan fingerprint density at radius 3 is 2.55 bits per heavy atom. The van der Waals surface area contributed by atoms with Crippen LogP contribution in [-0.4, -0.2) is 12.4 Å². The minimum Gasteiger partial charge on any atom is -0.494 e. The number of carbonyl (C=O) groups is 1. The average molecular weight is 337 g/mol.